The molecule has 0 amide bonds. The molecular formula is C21H20F3N3O7S. The summed E-state index contributed by atoms with van der Waals surface area (Å²) in [4.78, 5) is 7.82. The van der Waals surface area contributed by atoms with Crippen molar-refractivity contribution in [1.29, 1.82) is 0 Å². The van der Waals surface area contributed by atoms with Gasteiger partial charge in [0.25, 0.3) is 15.9 Å². The van der Waals surface area contributed by atoms with Crippen LogP contribution in [0.5, 0.6) is 28.9 Å². The molecule has 0 radical (unpaired) electrons. The second-order valence-corrected chi connectivity index (χ2v) is 8.39. The Kier molecular flexibility index (Phi) is 7.86. The summed E-state index contributed by atoms with van der Waals surface area (Å²) in [6.45, 7) is 0.940. The summed E-state index contributed by atoms with van der Waals surface area (Å²) in [5.74, 6) is -0.683. The van der Waals surface area contributed by atoms with Crippen molar-refractivity contribution in [2.75, 3.05) is 25.0 Å². The summed E-state index contributed by atoms with van der Waals surface area (Å²) in [5.41, 5.74) is 0. The average Bonchev–Trinajstić information content (AvgIpc) is 2.79. The third-order valence-electron chi connectivity index (χ3n) is 4.16. The molecule has 0 saturated carbocycles. The molecule has 0 fully saturated rings. The van der Waals surface area contributed by atoms with Crippen LogP contribution >= 0.6 is 0 Å². The maximum atomic E-state index is 13.0. The number of aliphatic hydroxyl groups is 1. The number of alkyl halides is 3. The van der Waals surface area contributed by atoms with Crippen LogP contribution < -0.4 is 23.7 Å². The molecular weight excluding hydrogens is 495 g/mol. The number of sulfonamides is 1. The number of hydrogen-bond acceptors (Lipinski definition) is 9. The fourth-order valence-electron chi connectivity index (χ4n) is 2.76. The number of nitrogens with zero attached hydrogens (tertiary/aromatic N) is 2. The van der Waals surface area contributed by atoms with E-state index >= 15 is 0 Å². The van der Waals surface area contributed by atoms with Gasteiger partial charge in [-0.1, -0.05) is 12.1 Å². The van der Waals surface area contributed by atoms with Crippen LogP contribution in [0.4, 0.5) is 19.0 Å². The highest BCUT2D eigenvalue weighted by molar-refractivity contribution is 7.92. The smallest absolute Gasteiger partial charge is 0.493 e. The Morgan fingerprint density at radius 2 is 1.69 bits per heavy atom. The molecule has 188 valence electrons. The molecule has 3 rings (SSSR count). The number of para-hydroxylation sites is 2. The molecule has 10 nitrogen and oxygen atoms in total. The molecule has 3 aromatic rings. The first-order chi connectivity index (χ1) is 16.5. The number of ether oxygens (including phenoxy) is 4. The SMILES string of the molecule is COc1ccccc1Oc1c(NS(=O)(=O)c2ccc(OC(F)(F)F)cc2)nc(C)nc1OCCO. The lowest BCUT2D eigenvalue weighted by atomic mass is 10.3. The molecule has 0 atom stereocenters. The number of aliphatic hydroxyl groups excluding tert-OH is 1. The molecule has 0 saturated heterocycles. The Bertz CT molecular complexity index is 1270. The van der Waals surface area contributed by atoms with Crippen LogP contribution in [0.1, 0.15) is 5.82 Å². The van der Waals surface area contributed by atoms with Crippen molar-refractivity contribution in [2.24, 2.45) is 0 Å². The second-order valence-electron chi connectivity index (χ2n) is 6.70. The van der Waals surface area contributed by atoms with Gasteiger partial charge >= 0.3 is 6.36 Å². The van der Waals surface area contributed by atoms with Gasteiger partial charge in [0.05, 0.1) is 18.6 Å². The van der Waals surface area contributed by atoms with Crippen molar-refractivity contribution >= 4 is 15.8 Å². The molecule has 0 unspecified atom stereocenters. The molecule has 1 heterocycles. The van der Waals surface area contributed by atoms with Gasteiger partial charge in [-0.15, -0.1) is 13.2 Å². The van der Waals surface area contributed by atoms with Gasteiger partial charge in [-0.3, -0.25) is 4.72 Å². The van der Waals surface area contributed by atoms with Crippen molar-refractivity contribution in [3.05, 3.63) is 54.4 Å². The van der Waals surface area contributed by atoms with Crippen molar-refractivity contribution in [3.63, 3.8) is 0 Å². The summed E-state index contributed by atoms with van der Waals surface area (Å²) in [7, 11) is -2.94. The molecule has 0 aliphatic heterocycles. The zero-order valence-electron chi connectivity index (χ0n) is 18.4. The van der Waals surface area contributed by atoms with Crippen molar-refractivity contribution in [2.45, 2.75) is 18.2 Å². The van der Waals surface area contributed by atoms with Gasteiger partial charge in [0.15, 0.2) is 17.3 Å². The van der Waals surface area contributed by atoms with Crippen LogP contribution in [0.15, 0.2) is 53.4 Å². The zero-order chi connectivity index (χ0) is 25.6. The van der Waals surface area contributed by atoms with E-state index in [1.807, 2.05) is 0 Å². The first kappa shape index (κ1) is 25.8. The first-order valence-corrected chi connectivity index (χ1v) is 11.3. The van der Waals surface area contributed by atoms with Gasteiger partial charge in [-0.25, -0.2) is 13.4 Å². The Labute approximate surface area is 198 Å². The summed E-state index contributed by atoms with van der Waals surface area (Å²) in [5, 5.41) is 9.14. The third-order valence-corrected chi connectivity index (χ3v) is 5.51. The van der Waals surface area contributed by atoms with Crippen LogP contribution in [-0.4, -0.2) is 50.2 Å². The maximum absolute atomic E-state index is 13.0. The minimum absolute atomic E-state index is 0.108. The Hall–Kier alpha value is -3.78. The number of methoxy groups -OCH3 is 1. The average molecular weight is 515 g/mol. The van der Waals surface area contributed by atoms with E-state index in [0.717, 1.165) is 24.3 Å². The van der Waals surface area contributed by atoms with Crippen LogP contribution in [0.25, 0.3) is 0 Å². The Morgan fingerprint density at radius 1 is 1.03 bits per heavy atom. The van der Waals surface area contributed by atoms with Crippen molar-refractivity contribution in [1.82, 2.24) is 9.97 Å². The topological polar surface area (TPSA) is 129 Å². The highest BCUT2D eigenvalue weighted by Gasteiger charge is 2.31. The van der Waals surface area contributed by atoms with Gasteiger partial charge in [0.2, 0.25) is 5.75 Å². The Morgan fingerprint density at radius 3 is 2.29 bits per heavy atom. The Balaban J connectivity index is 2.00. The number of aromatic nitrogens is 2. The lowest BCUT2D eigenvalue weighted by Crippen LogP contribution is -2.18. The predicted octanol–water partition coefficient (Wildman–Crippen LogP) is 3.66. The lowest BCUT2D eigenvalue weighted by Gasteiger charge is -2.17. The largest absolute Gasteiger partial charge is 0.573 e. The lowest BCUT2D eigenvalue weighted by molar-refractivity contribution is -0.274. The number of aryl methyl sites for hydroxylation is 1. The highest BCUT2D eigenvalue weighted by atomic mass is 32.2. The molecule has 0 aliphatic carbocycles. The van der Waals surface area contributed by atoms with Crippen LogP contribution in [0.2, 0.25) is 0 Å². The van der Waals surface area contributed by atoms with Gasteiger partial charge in [0, 0.05) is 0 Å². The summed E-state index contributed by atoms with van der Waals surface area (Å²) >= 11 is 0. The molecule has 35 heavy (non-hydrogen) atoms. The van der Waals surface area contributed by atoms with Crippen LogP contribution in [-0.2, 0) is 10.0 Å². The molecule has 2 aromatic carbocycles. The number of benzene rings is 2. The standard InChI is InChI=1S/C21H20F3N3O7S/c1-13-25-19(27-35(29,30)15-9-7-14(8-10-15)34-21(22,23)24)18(20(26-13)32-12-11-28)33-17-6-4-3-5-16(17)31-2/h3-10,28H,11-12H2,1-2H3,(H,25,26,27). The van der Waals surface area contributed by atoms with E-state index in [-0.39, 0.29) is 47.1 Å². The number of halogens is 3. The highest BCUT2D eigenvalue weighted by Crippen LogP contribution is 2.40. The van der Waals surface area contributed by atoms with E-state index in [2.05, 4.69) is 19.4 Å². The molecule has 0 aliphatic rings. The van der Waals surface area contributed by atoms with E-state index in [1.165, 1.54) is 14.0 Å². The predicted molar refractivity (Wildman–Crippen MR) is 116 cm³/mol. The number of hydrogen-bond donors (Lipinski definition) is 2. The molecule has 0 spiro atoms. The summed E-state index contributed by atoms with van der Waals surface area (Å²) in [6, 6.07) is 10.1. The zero-order valence-corrected chi connectivity index (χ0v) is 19.2. The fraction of sp³-hybridized carbons (Fsp3) is 0.238. The number of anilines is 1. The van der Waals surface area contributed by atoms with E-state index in [0.29, 0.717) is 5.75 Å². The van der Waals surface area contributed by atoms with Crippen LogP contribution in [0, 0.1) is 6.92 Å². The minimum atomic E-state index is -4.92. The normalized spacial score (nSPS) is 11.6. The van der Waals surface area contributed by atoms with Crippen molar-refractivity contribution in [3.8, 4) is 28.9 Å². The van der Waals surface area contributed by atoms with Gasteiger partial charge in [-0.2, -0.15) is 4.98 Å². The minimum Gasteiger partial charge on any atom is -0.493 e. The molecule has 0 bridgehead atoms. The molecule has 2 N–H and O–H groups in total. The van der Waals surface area contributed by atoms with Gasteiger partial charge in [-0.05, 0) is 43.3 Å². The second kappa shape index (κ2) is 10.7. The monoisotopic (exact) mass is 515 g/mol. The summed E-state index contributed by atoms with van der Waals surface area (Å²) < 4.78 is 85.6. The van der Waals surface area contributed by atoms with Crippen molar-refractivity contribution < 1.29 is 45.6 Å². The maximum Gasteiger partial charge on any atom is 0.573 e. The van der Waals surface area contributed by atoms with Gasteiger partial charge < -0.3 is 24.1 Å². The number of rotatable bonds is 10. The van der Waals surface area contributed by atoms with E-state index in [4.69, 9.17) is 19.3 Å². The quantitative estimate of drug-likeness (QED) is 0.416. The fourth-order valence-corrected chi connectivity index (χ4v) is 3.76. The molecule has 14 heteroatoms. The molecule has 1 aromatic heterocycles. The van der Waals surface area contributed by atoms with E-state index in [9.17, 15) is 21.6 Å². The van der Waals surface area contributed by atoms with Crippen LogP contribution in [0.3, 0.4) is 0 Å². The summed E-state index contributed by atoms with van der Waals surface area (Å²) in [6.07, 6.45) is -4.92. The van der Waals surface area contributed by atoms with E-state index in [1.54, 1.807) is 24.3 Å². The third kappa shape index (κ3) is 6.86. The van der Waals surface area contributed by atoms with Gasteiger partial charge in [0.1, 0.15) is 18.2 Å². The first-order valence-electron chi connectivity index (χ1n) is 9.84. The number of nitrogens with one attached hydrogen (secondary N) is 1. The van der Waals surface area contributed by atoms with E-state index < -0.39 is 22.1 Å².